The number of hydrogen-bond acceptors (Lipinski definition) is 3. The Morgan fingerprint density at radius 1 is 1.38 bits per heavy atom. The molecule has 3 rings (SSSR count). The number of thiophene rings is 1. The lowest BCUT2D eigenvalue weighted by molar-refractivity contribution is -0.121. The third kappa shape index (κ3) is 3.00. The standard InChI is InChI=1S/C17H17NO2S/c1-11-5-6-14-13(10-20-15(14)8-11)9-17(19)18-12(2)16-4-3-7-21-16/h3-8,10,12H,9H2,1-2H3,(H,18,19)/t12-/m1/s1. The average Bonchev–Trinajstić information content (AvgIpc) is 3.08. The number of benzene rings is 1. The van der Waals surface area contributed by atoms with Crippen LogP contribution >= 0.6 is 11.3 Å². The van der Waals surface area contributed by atoms with Crippen molar-refractivity contribution in [2.75, 3.05) is 0 Å². The lowest BCUT2D eigenvalue weighted by Gasteiger charge is -2.11. The van der Waals surface area contributed by atoms with E-state index in [1.165, 1.54) is 0 Å². The molecule has 0 fully saturated rings. The molecule has 0 saturated heterocycles. The number of aryl methyl sites for hydroxylation is 1. The minimum absolute atomic E-state index is 0.0131. The molecular formula is C17H17NO2S. The van der Waals surface area contributed by atoms with Gasteiger partial charge in [0.1, 0.15) is 5.58 Å². The number of carbonyl (C=O) groups is 1. The Labute approximate surface area is 127 Å². The lowest BCUT2D eigenvalue weighted by atomic mass is 10.1. The molecule has 1 amide bonds. The first kappa shape index (κ1) is 13.9. The SMILES string of the molecule is Cc1ccc2c(CC(=O)N[C@H](C)c3cccs3)coc2c1. The fourth-order valence-corrected chi connectivity index (χ4v) is 3.14. The summed E-state index contributed by atoms with van der Waals surface area (Å²) in [6, 6.07) is 10.1. The van der Waals surface area contributed by atoms with Gasteiger partial charge in [-0.25, -0.2) is 0 Å². The van der Waals surface area contributed by atoms with Gasteiger partial charge < -0.3 is 9.73 Å². The largest absolute Gasteiger partial charge is 0.464 e. The van der Waals surface area contributed by atoms with Crippen LogP contribution in [-0.2, 0) is 11.2 Å². The molecule has 0 radical (unpaired) electrons. The van der Waals surface area contributed by atoms with Gasteiger partial charge in [-0.1, -0.05) is 18.2 Å². The van der Waals surface area contributed by atoms with Gasteiger partial charge in [-0.3, -0.25) is 4.79 Å². The molecule has 3 aromatic rings. The van der Waals surface area contributed by atoms with E-state index in [0.717, 1.165) is 27.0 Å². The van der Waals surface area contributed by atoms with E-state index in [0.29, 0.717) is 6.42 Å². The summed E-state index contributed by atoms with van der Waals surface area (Å²) in [6.07, 6.45) is 2.02. The van der Waals surface area contributed by atoms with Crippen LogP contribution in [0, 0.1) is 6.92 Å². The molecule has 0 aliphatic carbocycles. The fraction of sp³-hybridized carbons (Fsp3) is 0.235. The smallest absolute Gasteiger partial charge is 0.225 e. The van der Waals surface area contributed by atoms with E-state index in [4.69, 9.17) is 4.42 Å². The van der Waals surface area contributed by atoms with Gasteiger partial charge in [0.25, 0.3) is 0 Å². The molecule has 0 aliphatic rings. The molecule has 0 bridgehead atoms. The highest BCUT2D eigenvalue weighted by Crippen LogP contribution is 2.23. The number of carbonyl (C=O) groups excluding carboxylic acids is 1. The number of rotatable bonds is 4. The van der Waals surface area contributed by atoms with Crippen LogP contribution in [-0.4, -0.2) is 5.91 Å². The zero-order valence-electron chi connectivity index (χ0n) is 12.1. The van der Waals surface area contributed by atoms with Crippen molar-refractivity contribution >= 4 is 28.2 Å². The normalized spacial score (nSPS) is 12.5. The van der Waals surface area contributed by atoms with Crippen LogP contribution in [0.4, 0.5) is 0 Å². The third-order valence-electron chi connectivity index (χ3n) is 3.51. The third-order valence-corrected chi connectivity index (χ3v) is 4.56. The topological polar surface area (TPSA) is 42.2 Å². The highest BCUT2D eigenvalue weighted by Gasteiger charge is 2.14. The van der Waals surface area contributed by atoms with Gasteiger partial charge in [0.05, 0.1) is 18.7 Å². The van der Waals surface area contributed by atoms with E-state index >= 15 is 0 Å². The molecule has 21 heavy (non-hydrogen) atoms. The summed E-state index contributed by atoms with van der Waals surface area (Å²) in [5, 5.41) is 6.06. The zero-order valence-corrected chi connectivity index (χ0v) is 12.9. The summed E-state index contributed by atoms with van der Waals surface area (Å²) in [5.41, 5.74) is 2.92. The molecule has 2 heterocycles. The van der Waals surface area contributed by atoms with Gasteiger partial charge in [0.15, 0.2) is 0 Å². The molecule has 0 spiro atoms. The molecule has 2 aromatic heterocycles. The Morgan fingerprint density at radius 2 is 2.24 bits per heavy atom. The maximum atomic E-state index is 12.2. The maximum absolute atomic E-state index is 12.2. The van der Waals surface area contributed by atoms with Gasteiger partial charge >= 0.3 is 0 Å². The zero-order chi connectivity index (χ0) is 14.8. The highest BCUT2D eigenvalue weighted by atomic mass is 32.1. The molecule has 0 aliphatic heterocycles. The van der Waals surface area contributed by atoms with E-state index in [2.05, 4.69) is 5.32 Å². The molecule has 0 unspecified atom stereocenters. The van der Waals surface area contributed by atoms with Crippen molar-refractivity contribution in [3.63, 3.8) is 0 Å². The predicted octanol–water partition coefficient (Wildman–Crippen LogP) is 4.22. The summed E-state index contributed by atoms with van der Waals surface area (Å²) in [4.78, 5) is 13.3. The summed E-state index contributed by atoms with van der Waals surface area (Å²) in [5.74, 6) is 0.0131. The number of furan rings is 1. The second-order valence-electron chi connectivity index (χ2n) is 5.24. The van der Waals surface area contributed by atoms with Crippen molar-refractivity contribution in [1.82, 2.24) is 5.32 Å². The van der Waals surface area contributed by atoms with Gasteiger partial charge in [0.2, 0.25) is 5.91 Å². The molecule has 3 nitrogen and oxygen atoms in total. The van der Waals surface area contributed by atoms with Crippen LogP contribution in [0.1, 0.15) is 29.0 Å². The minimum Gasteiger partial charge on any atom is -0.464 e. The summed E-state index contributed by atoms with van der Waals surface area (Å²) in [6.45, 7) is 4.03. The van der Waals surface area contributed by atoms with Gasteiger partial charge in [-0.15, -0.1) is 11.3 Å². The fourth-order valence-electron chi connectivity index (χ4n) is 2.40. The van der Waals surface area contributed by atoms with Gasteiger partial charge in [-0.2, -0.15) is 0 Å². The van der Waals surface area contributed by atoms with Gasteiger partial charge in [-0.05, 0) is 36.9 Å². The molecule has 0 saturated carbocycles. The van der Waals surface area contributed by atoms with Gasteiger partial charge in [0, 0.05) is 15.8 Å². The Hall–Kier alpha value is -2.07. The lowest BCUT2D eigenvalue weighted by Crippen LogP contribution is -2.27. The first-order valence-electron chi connectivity index (χ1n) is 6.93. The van der Waals surface area contributed by atoms with Crippen molar-refractivity contribution in [2.24, 2.45) is 0 Å². The Morgan fingerprint density at radius 3 is 3.00 bits per heavy atom. The molecular weight excluding hydrogens is 282 g/mol. The van der Waals surface area contributed by atoms with Crippen molar-refractivity contribution in [1.29, 1.82) is 0 Å². The van der Waals surface area contributed by atoms with E-state index in [-0.39, 0.29) is 11.9 Å². The van der Waals surface area contributed by atoms with Crippen LogP contribution in [0.25, 0.3) is 11.0 Å². The first-order chi connectivity index (χ1) is 10.1. The van der Waals surface area contributed by atoms with E-state index in [9.17, 15) is 4.79 Å². The van der Waals surface area contributed by atoms with Crippen LogP contribution < -0.4 is 5.32 Å². The van der Waals surface area contributed by atoms with Crippen LogP contribution in [0.2, 0.25) is 0 Å². The monoisotopic (exact) mass is 299 g/mol. The predicted molar refractivity (Wildman–Crippen MR) is 85.5 cm³/mol. The van der Waals surface area contributed by atoms with E-state index in [1.807, 2.05) is 49.6 Å². The van der Waals surface area contributed by atoms with Crippen molar-refractivity contribution in [2.45, 2.75) is 26.3 Å². The molecule has 1 N–H and O–H groups in total. The van der Waals surface area contributed by atoms with E-state index < -0.39 is 0 Å². The van der Waals surface area contributed by atoms with Crippen molar-refractivity contribution in [3.05, 3.63) is 58.0 Å². The summed E-state index contributed by atoms with van der Waals surface area (Å²) >= 11 is 1.65. The molecule has 1 atom stereocenters. The number of nitrogens with one attached hydrogen (secondary N) is 1. The first-order valence-corrected chi connectivity index (χ1v) is 7.81. The average molecular weight is 299 g/mol. The summed E-state index contributed by atoms with van der Waals surface area (Å²) < 4.78 is 5.53. The number of fused-ring (bicyclic) bond motifs is 1. The Kier molecular flexibility index (Phi) is 3.80. The quantitative estimate of drug-likeness (QED) is 0.783. The second kappa shape index (κ2) is 5.74. The number of hydrogen-bond donors (Lipinski definition) is 1. The molecule has 4 heteroatoms. The maximum Gasteiger partial charge on any atom is 0.225 e. The number of amides is 1. The van der Waals surface area contributed by atoms with Crippen molar-refractivity contribution < 1.29 is 9.21 Å². The minimum atomic E-state index is 0.0131. The Bertz CT molecular complexity index is 758. The van der Waals surface area contributed by atoms with Crippen LogP contribution in [0.5, 0.6) is 0 Å². The highest BCUT2D eigenvalue weighted by molar-refractivity contribution is 7.10. The summed E-state index contributed by atoms with van der Waals surface area (Å²) in [7, 11) is 0. The van der Waals surface area contributed by atoms with E-state index in [1.54, 1.807) is 17.6 Å². The molecule has 108 valence electrons. The Balaban J connectivity index is 1.71. The van der Waals surface area contributed by atoms with Crippen LogP contribution in [0.15, 0.2) is 46.4 Å². The van der Waals surface area contributed by atoms with Crippen LogP contribution in [0.3, 0.4) is 0 Å². The molecule has 1 aromatic carbocycles. The van der Waals surface area contributed by atoms with Crippen molar-refractivity contribution in [3.8, 4) is 0 Å². The second-order valence-corrected chi connectivity index (χ2v) is 6.22.